The average Bonchev–Trinajstić information content (AvgIpc) is 1.75. The number of H-pyrrole nitrogens is 3. The van der Waals surface area contributed by atoms with Gasteiger partial charge in [-0.2, -0.15) is 0 Å². The van der Waals surface area contributed by atoms with Crippen LogP contribution in [0.4, 0.5) is 0 Å². The van der Waals surface area contributed by atoms with Crippen molar-refractivity contribution < 1.29 is 68.1 Å². The fourth-order valence-corrected chi connectivity index (χ4v) is 12.2. The summed E-state index contributed by atoms with van der Waals surface area (Å²) < 4.78 is 0. The van der Waals surface area contributed by atoms with Crippen molar-refractivity contribution in [2.75, 3.05) is 32.8 Å². The highest BCUT2D eigenvalue weighted by atomic mass is 16.4. The molecule has 3 aromatic carbocycles. The number of benzene rings is 3. The molecule has 0 unspecified atom stereocenters. The number of aliphatic carboxylic acids is 1. The van der Waals surface area contributed by atoms with Crippen molar-refractivity contribution in [1.29, 1.82) is 10.8 Å². The number of carbonyl (C=O) groups excluding carboxylic acids is 10. The Labute approximate surface area is 605 Å². The van der Waals surface area contributed by atoms with E-state index < -0.39 is 139 Å². The number of guanidine groups is 2. The first-order valence-electron chi connectivity index (χ1n) is 34.8. The molecule has 7 rings (SSSR count). The van der Waals surface area contributed by atoms with E-state index in [-0.39, 0.29) is 107 Å². The zero-order valence-electron chi connectivity index (χ0n) is 58.8. The Bertz CT molecular complexity index is 3990. The number of aliphatic hydroxyl groups excluding tert-OH is 1. The second-order valence-electron chi connectivity index (χ2n) is 26.2. The molecule has 35 nitrogen and oxygen atoms in total. The third-order valence-corrected chi connectivity index (χ3v) is 17.7. The summed E-state index contributed by atoms with van der Waals surface area (Å²) in [5, 5.41) is 76.8. The van der Waals surface area contributed by atoms with E-state index in [9.17, 15) is 53.7 Å². The van der Waals surface area contributed by atoms with E-state index >= 15 is 14.4 Å². The highest BCUT2D eigenvalue weighted by Gasteiger charge is 2.40. The van der Waals surface area contributed by atoms with Gasteiger partial charge in [0.1, 0.15) is 60.1 Å². The van der Waals surface area contributed by atoms with Crippen molar-refractivity contribution in [3.05, 3.63) is 120 Å². The molecule has 1 saturated heterocycles. The maximum atomic E-state index is 15.1. The highest BCUT2D eigenvalue weighted by Crippen LogP contribution is 2.24. The Balaban J connectivity index is 1.16. The molecule has 0 saturated carbocycles. The van der Waals surface area contributed by atoms with Crippen molar-refractivity contribution in [3.8, 4) is 5.75 Å². The number of phenols is 1. The van der Waals surface area contributed by atoms with Crippen LogP contribution >= 0.6 is 0 Å². The Morgan fingerprint density at radius 3 is 1.51 bits per heavy atom. The summed E-state index contributed by atoms with van der Waals surface area (Å²) in [6, 6.07) is 5.53. The Hall–Kier alpha value is -11.6. The number of aromatic amines is 3. The van der Waals surface area contributed by atoms with E-state index in [1.165, 1.54) is 41.7 Å². The lowest BCUT2D eigenvalue weighted by Crippen LogP contribution is -2.61. The van der Waals surface area contributed by atoms with Gasteiger partial charge in [-0.3, -0.25) is 63.6 Å². The summed E-state index contributed by atoms with van der Waals surface area (Å²) in [5.41, 5.74) is 20.5. The molecule has 4 heterocycles. The number of fused-ring (bicyclic) bond motifs is 2. The summed E-state index contributed by atoms with van der Waals surface area (Å²) >= 11 is 0. The quantitative estimate of drug-likeness (QED) is 0.0113. The van der Waals surface area contributed by atoms with E-state index in [2.05, 4.69) is 78.4 Å². The number of nitrogens with two attached hydrogens (primary N) is 3. The third-order valence-electron chi connectivity index (χ3n) is 17.7. The van der Waals surface area contributed by atoms with Crippen molar-refractivity contribution in [2.45, 2.75) is 165 Å². The van der Waals surface area contributed by atoms with Gasteiger partial charge in [-0.25, -0.2) is 4.98 Å². The molecule has 1 aliphatic rings. The summed E-state index contributed by atoms with van der Waals surface area (Å²) in [5.74, 6) is -10.7. The van der Waals surface area contributed by atoms with Crippen molar-refractivity contribution in [3.63, 3.8) is 0 Å². The van der Waals surface area contributed by atoms with Gasteiger partial charge in [0, 0.05) is 104 Å². The summed E-state index contributed by atoms with van der Waals surface area (Å²) in [7, 11) is 0. The molecule has 6 aromatic rings. The molecule has 0 spiro atoms. The standard InChI is InChI=1S/C70H97N21O14/c1-4-77-67(104)57-18-11-27-91(57)68(105)55(28-38(2)3)89-63(100)52(30-40-33-80-47-14-7-5-12-44(40)47)87-61(98)50(17-10-26-79-70(74)75)83-60(97)49(16-9-25-78-69(72)73)84-62(99)51(29-39-19-21-43(93)22-20-39)86-66(103)56(36-92)90-64(101)53(31-41-34-81-48-15-8-6-13-45(41)48)88-65(102)54(32-42-35-76-37-82-42)85-59(96)46(71)23-24-58(94)95/h5-8,12-15,19-22,33-35,37-38,46,49-57,80-81,92-93H,4,9-11,16-18,23-32,36,71H2,1-3H3,(H,76,82)(H,77,104)(H,83,97)(H,84,99)(H,85,96)(H,86,103)(H,87,98)(H,88,102)(H,89,100)(H,90,101)(H,94,95)(H4,72,73,78)(H4,74,75,79)/t46-,49+,50-,51-,52-,53-,54-,55-,56-,57-/m0/s1. The minimum atomic E-state index is -1.86. The predicted molar refractivity (Wildman–Crippen MR) is 387 cm³/mol. The Morgan fingerprint density at radius 1 is 0.581 bits per heavy atom. The lowest BCUT2D eigenvalue weighted by Gasteiger charge is -2.31. The third kappa shape index (κ3) is 24.5. The maximum Gasteiger partial charge on any atom is 0.303 e. The van der Waals surface area contributed by atoms with Crippen LogP contribution in [0.5, 0.6) is 5.75 Å². The number of likely N-dealkylation sites (tertiary alicyclic amines) is 1. The van der Waals surface area contributed by atoms with Crippen LogP contribution in [0.1, 0.15) is 101 Å². The number of carboxylic acids is 1. The van der Waals surface area contributed by atoms with E-state index in [0.29, 0.717) is 52.7 Å². The van der Waals surface area contributed by atoms with Gasteiger partial charge in [-0.15, -0.1) is 0 Å². The van der Waals surface area contributed by atoms with E-state index in [1.807, 2.05) is 32.0 Å². The molecule has 3 aromatic heterocycles. The van der Waals surface area contributed by atoms with Gasteiger partial charge in [-0.1, -0.05) is 62.4 Å². The monoisotopic (exact) mass is 1460 g/mol. The minimum absolute atomic E-state index is 0.000514. The first-order valence-corrected chi connectivity index (χ1v) is 34.8. The first kappa shape index (κ1) is 80.7. The number of amides is 10. The number of likely N-dealkylation sites (N-methyl/N-ethyl adjacent to an activating group) is 1. The van der Waals surface area contributed by atoms with Gasteiger partial charge < -0.3 is 111 Å². The van der Waals surface area contributed by atoms with E-state index in [1.54, 1.807) is 49.6 Å². The van der Waals surface area contributed by atoms with Crippen LogP contribution < -0.4 is 75.7 Å². The van der Waals surface area contributed by atoms with Gasteiger partial charge >= 0.3 is 5.97 Å². The number of nitrogens with one attached hydrogen (secondary N) is 16. The molecule has 25 N–H and O–H groups in total. The Morgan fingerprint density at radius 2 is 1.04 bits per heavy atom. The fourth-order valence-electron chi connectivity index (χ4n) is 12.2. The molecule has 566 valence electrons. The summed E-state index contributed by atoms with van der Waals surface area (Å²) in [6.07, 6.45) is 5.21. The lowest BCUT2D eigenvalue weighted by molar-refractivity contribution is -0.142. The van der Waals surface area contributed by atoms with Crippen LogP contribution in [0.15, 0.2) is 97.7 Å². The number of carbonyl (C=O) groups is 11. The number of hydrogen-bond donors (Lipinski definition) is 22. The number of nitrogens with zero attached hydrogens (tertiary/aromatic N) is 2. The van der Waals surface area contributed by atoms with Crippen LogP contribution in [0, 0.1) is 16.7 Å². The first-order chi connectivity index (χ1) is 50.2. The topological polar surface area (TPSA) is 570 Å². The maximum absolute atomic E-state index is 15.1. The Kier molecular flexibility index (Phi) is 30.5. The van der Waals surface area contributed by atoms with Crippen LogP contribution in [0.25, 0.3) is 21.8 Å². The van der Waals surface area contributed by atoms with Gasteiger partial charge in [0.25, 0.3) is 0 Å². The molecule has 105 heavy (non-hydrogen) atoms. The second kappa shape index (κ2) is 39.7. The zero-order valence-corrected chi connectivity index (χ0v) is 58.8. The molecular weight excluding hydrogens is 1360 g/mol. The van der Waals surface area contributed by atoms with Crippen LogP contribution in [-0.2, 0) is 78.4 Å². The van der Waals surface area contributed by atoms with Crippen LogP contribution in [0.2, 0.25) is 0 Å². The highest BCUT2D eigenvalue weighted by molar-refractivity contribution is 6.00. The molecule has 0 aliphatic carbocycles. The van der Waals surface area contributed by atoms with Crippen LogP contribution in [0.3, 0.4) is 0 Å². The number of imidazole rings is 1. The largest absolute Gasteiger partial charge is 0.508 e. The number of aromatic nitrogens is 4. The fraction of sp³-hybridized carbons (Fsp3) is 0.457. The molecule has 1 fully saturated rings. The normalized spacial score (nSPS) is 15.3. The number of hydrogen-bond acceptors (Lipinski definition) is 17. The molecule has 10 atom stereocenters. The SMILES string of the molecule is CCNC(=O)[C@@H]1CCCN1C(=O)[C@H](CC(C)C)NC(=O)[C@H](Cc1c[nH]c2ccccc12)NC(=O)[C@H](CCCNC(=N)N)NC(=O)[C@@H](CCCNC(=N)N)NC(=O)[C@H](Cc1ccc(O)cc1)NC(=O)[C@H](CO)NC(=O)[C@H](Cc1c[nH]c2ccccc12)NC(=O)[C@H](Cc1cnc[nH]1)NC(=O)[C@@H](N)CCC(=O)O. The molecule has 35 heteroatoms. The number of phenolic OH excluding ortho intramolecular Hbond substituents is 1. The molecule has 0 radical (unpaired) electrons. The average molecular weight is 1460 g/mol. The summed E-state index contributed by atoms with van der Waals surface area (Å²) in [4.78, 5) is 171. The van der Waals surface area contributed by atoms with Gasteiger partial charge in [-0.05, 0) is 105 Å². The predicted octanol–water partition coefficient (Wildman–Crippen LogP) is -1.89. The van der Waals surface area contributed by atoms with Crippen molar-refractivity contribution >= 4 is 98.8 Å². The zero-order chi connectivity index (χ0) is 76.3. The number of aromatic hydroxyl groups is 1. The number of aliphatic hydroxyl groups is 1. The van der Waals surface area contributed by atoms with Gasteiger partial charge in [0.05, 0.1) is 19.0 Å². The van der Waals surface area contributed by atoms with Crippen molar-refractivity contribution in [1.82, 2.24) is 83.3 Å². The van der Waals surface area contributed by atoms with Crippen LogP contribution in [-0.4, -0.2) is 210 Å². The second-order valence-corrected chi connectivity index (χ2v) is 26.2. The number of para-hydroxylation sites is 2. The van der Waals surface area contributed by atoms with Crippen molar-refractivity contribution in [2.24, 2.45) is 23.1 Å². The molecule has 0 bridgehead atoms. The van der Waals surface area contributed by atoms with Gasteiger partial charge in [0.2, 0.25) is 59.1 Å². The summed E-state index contributed by atoms with van der Waals surface area (Å²) in [6.45, 7) is 5.05. The number of carboxylic acid groups (broad SMARTS) is 1. The number of rotatable bonds is 41. The minimum Gasteiger partial charge on any atom is -0.508 e. The molecule has 10 amide bonds. The molecule has 1 aliphatic heterocycles. The molecular formula is C70H97N21O14. The van der Waals surface area contributed by atoms with Gasteiger partial charge in [0.15, 0.2) is 11.9 Å². The smallest absolute Gasteiger partial charge is 0.303 e. The lowest BCUT2D eigenvalue weighted by atomic mass is 9.99. The van der Waals surface area contributed by atoms with E-state index in [4.69, 9.17) is 28.0 Å². The van der Waals surface area contributed by atoms with E-state index in [0.717, 1.165) is 10.9 Å².